The molecule has 0 aliphatic carbocycles. The lowest BCUT2D eigenvalue weighted by Crippen LogP contribution is -2.53. The first-order valence-electron chi connectivity index (χ1n) is 13.9. The van der Waals surface area contributed by atoms with Gasteiger partial charge in [-0.15, -0.1) is 0 Å². The van der Waals surface area contributed by atoms with Crippen LogP contribution >= 0.6 is 0 Å². The maximum Gasteiger partial charge on any atom is 0.331 e. The van der Waals surface area contributed by atoms with Crippen molar-refractivity contribution >= 4 is 34.7 Å². The normalized spacial score (nSPS) is 14.2. The molecule has 1 aliphatic rings. The number of urea groups is 1. The third-order valence-corrected chi connectivity index (χ3v) is 6.98. The summed E-state index contributed by atoms with van der Waals surface area (Å²) in [7, 11) is 3.03. The number of methoxy groups -OCH3 is 2. The summed E-state index contributed by atoms with van der Waals surface area (Å²) in [5.41, 5.74) is 2.01. The summed E-state index contributed by atoms with van der Waals surface area (Å²) in [4.78, 5) is 39.7. The molecule has 0 spiro atoms. The molecule has 1 aliphatic heterocycles. The van der Waals surface area contributed by atoms with Crippen LogP contribution < -0.4 is 24.3 Å². The number of barbiturate groups is 1. The fraction of sp³-hybridized carbons (Fsp3) is 0.206. The molecule has 0 unspecified atom stereocenters. The minimum absolute atomic E-state index is 0.0655. The number of carbonyl (C=O) groups is 3. The molecule has 1 fully saturated rings. The monoisotopic (exact) mass is 580 g/mol. The first kappa shape index (κ1) is 29.2. The molecule has 0 atom stereocenters. The molecule has 5 rings (SSSR count). The summed E-state index contributed by atoms with van der Waals surface area (Å²) in [5.74, 6) is 0.503. The zero-order valence-corrected chi connectivity index (χ0v) is 24.2. The predicted molar refractivity (Wildman–Crippen MR) is 162 cm³/mol. The van der Waals surface area contributed by atoms with Gasteiger partial charge in [0.15, 0.2) is 23.0 Å². The highest BCUT2D eigenvalue weighted by molar-refractivity contribution is 6.31. The number of hydrogen-bond acceptors (Lipinski definition) is 7. The molecule has 0 aromatic heterocycles. The Morgan fingerprint density at radius 3 is 2.30 bits per heavy atom. The third kappa shape index (κ3) is 6.46. The van der Waals surface area contributed by atoms with Crippen molar-refractivity contribution < 1.29 is 33.3 Å². The Bertz CT molecular complexity index is 1710. The molecular weight excluding hydrogens is 548 g/mol. The lowest BCUT2D eigenvalue weighted by molar-refractivity contribution is -0.130. The summed E-state index contributed by atoms with van der Waals surface area (Å²) in [6, 6.07) is 23.6. The van der Waals surface area contributed by atoms with Gasteiger partial charge in [0.25, 0.3) is 11.8 Å². The fourth-order valence-electron chi connectivity index (χ4n) is 4.80. The van der Waals surface area contributed by atoms with Gasteiger partial charge in [0, 0.05) is 0 Å². The highest BCUT2D eigenvalue weighted by atomic mass is 16.5. The van der Waals surface area contributed by atoms with Crippen molar-refractivity contribution in [2.75, 3.05) is 20.8 Å². The highest BCUT2D eigenvalue weighted by Crippen LogP contribution is 2.32. The molecule has 0 saturated carbocycles. The van der Waals surface area contributed by atoms with Gasteiger partial charge in [-0.3, -0.25) is 19.8 Å². The molecule has 9 heteroatoms. The van der Waals surface area contributed by atoms with Crippen molar-refractivity contribution in [3.8, 4) is 23.0 Å². The van der Waals surface area contributed by atoms with E-state index in [9.17, 15) is 14.4 Å². The van der Waals surface area contributed by atoms with Gasteiger partial charge in [-0.05, 0) is 64.2 Å². The van der Waals surface area contributed by atoms with Gasteiger partial charge in [0.05, 0.1) is 27.4 Å². The molecule has 1 heterocycles. The average molecular weight is 581 g/mol. The molecule has 9 nitrogen and oxygen atoms in total. The van der Waals surface area contributed by atoms with Gasteiger partial charge in [-0.2, -0.15) is 0 Å². The molecular formula is C34H32N2O7. The van der Waals surface area contributed by atoms with E-state index in [1.54, 1.807) is 36.4 Å². The van der Waals surface area contributed by atoms with Gasteiger partial charge >= 0.3 is 6.03 Å². The first-order chi connectivity index (χ1) is 20.9. The van der Waals surface area contributed by atoms with Crippen LogP contribution in [0, 0.1) is 0 Å². The van der Waals surface area contributed by atoms with Gasteiger partial charge in [0.2, 0.25) is 0 Å². The van der Waals surface area contributed by atoms with E-state index >= 15 is 0 Å². The highest BCUT2D eigenvalue weighted by Gasteiger charge is 2.36. The molecule has 220 valence electrons. The van der Waals surface area contributed by atoms with E-state index in [1.807, 2.05) is 37.3 Å². The van der Waals surface area contributed by atoms with Crippen molar-refractivity contribution in [1.82, 2.24) is 10.2 Å². The van der Waals surface area contributed by atoms with Crippen LogP contribution in [-0.2, 0) is 22.7 Å². The number of fused-ring (bicyclic) bond motifs is 1. The number of ether oxygens (including phenoxy) is 4. The number of nitrogens with one attached hydrogen (secondary N) is 1. The molecule has 4 aromatic carbocycles. The maximum absolute atomic E-state index is 13.4. The van der Waals surface area contributed by atoms with E-state index in [1.165, 1.54) is 20.3 Å². The Kier molecular flexibility index (Phi) is 8.90. The van der Waals surface area contributed by atoms with Gasteiger partial charge < -0.3 is 18.9 Å². The van der Waals surface area contributed by atoms with E-state index < -0.39 is 17.8 Å². The second kappa shape index (κ2) is 13.1. The van der Waals surface area contributed by atoms with Crippen LogP contribution in [0.5, 0.6) is 23.0 Å². The number of rotatable bonds is 11. The number of imide groups is 2. The summed E-state index contributed by atoms with van der Waals surface area (Å²) >= 11 is 0. The number of carbonyl (C=O) groups excluding carboxylic acids is 3. The summed E-state index contributed by atoms with van der Waals surface area (Å²) in [6.45, 7) is 2.79. The van der Waals surface area contributed by atoms with Crippen LogP contribution in [0.15, 0.2) is 84.4 Å². The van der Waals surface area contributed by atoms with Crippen LogP contribution in [0.3, 0.4) is 0 Å². The van der Waals surface area contributed by atoms with Crippen molar-refractivity contribution in [2.24, 2.45) is 0 Å². The molecule has 0 radical (unpaired) electrons. The van der Waals surface area contributed by atoms with Crippen molar-refractivity contribution in [3.05, 3.63) is 101 Å². The quantitative estimate of drug-likeness (QED) is 0.174. The number of benzene rings is 4. The van der Waals surface area contributed by atoms with Crippen LogP contribution in [0.25, 0.3) is 16.8 Å². The van der Waals surface area contributed by atoms with Gasteiger partial charge in [0.1, 0.15) is 12.2 Å². The van der Waals surface area contributed by atoms with E-state index in [4.69, 9.17) is 18.9 Å². The molecule has 0 bridgehead atoms. The largest absolute Gasteiger partial charge is 0.493 e. The Labute approximate surface area is 249 Å². The number of hydrogen-bond donors (Lipinski definition) is 1. The molecule has 4 aromatic rings. The van der Waals surface area contributed by atoms with Crippen LogP contribution in [0.1, 0.15) is 30.0 Å². The second-order valence-electron chi connectivity index (χ2n) is 9.88. The third-order valence-electron chi connectivity index (χ3n) is 6.98. The standard InChI is InChI=1S/C34H32N2O7/c1-4-16-42-28-15-13-23(19-31(28)41-3)20-36-33(38)27(32(37)35-34(36)39)17-22-12-14-29(30(18-22)40-2)43-21-25-10-7-9-24-8-5-6-11-26(24)25/h5-15,17-19H,4,16,20-21H2,1-3H3,(H,35,37,39)/b27-17+. The van der Waals surface area contributed by atoms with E-state index in [0.29, 0.717) is 47.3 Å². The Hall–Kier alpha value is -5.31. The van der Waals surface area contributed by atoms with E-state index in [2.05, 4.69) is 17.4 Å². The summed E-state index contributed by atoms with van der Waals surface area (Å²) < 4.78 is 22.7. The zero-order chi connectivity index (χ0) is 30.3. The number of nitrogens with zero attached hydrogens (tertiary/aromatic N) is 1. The van der Waals surface area contributed by atoms with Gasteiger partial charge in [-0.25, -0.2) is 4.79 Å². The lowest BCUT2D eigenvalue weighted by Gasteiger charge is -2.26. The average Bonchev–Trinajstić information content (AvgIpc) is 3.03. The minimum atomic E-state index is -0.799. The first-order valence-corrected chi connectivity index (χ1v) is 13.9. The van der Waals surface area contributed by atoms with E-state index in [0.717, 1.165) is 27.7 Å². The summed E-state index contributed by atoms with van der Waals surface area (Å²) in [6.07, 6.45) is 2.26. The van der Waals surface area contributed by atoms with Crippen molar-refractivity contribution in [1.29, 1.82) is 0 Å². The topological polar surface area (TPSA) is 103 Å². The van der Waals surface area contributed by atoms with Gasteiger partial charge in [-0.1, -0.05) is 61.5 Å². The second-order valence-corrected chi connectivity index (χ2v) is 9.88. The van der Waals surface area contributed by atoms with Crippen LogP contribution in [-0.4, -0.2) is 43.6 Å². The minimum Gasteiger partial charge on any atom is -0.493 e. The number of amides is 4. The molecule has 1 N–H and O–H groups in total. The Morgan fingerprint density at radius 2 is 1.51 bits per heavy atom. The van der Waals surface area contributed by atoms with Crippen LogP contribution in [0.4, 0.5) is 4.79 Å². The van der Waals surface area contributed by atoms with Crippen molar-refractivity contribution in [3.63, 3.8) is 0 Å². The SMILES string of the molecule is CCCOc1ccc(CN2C(=O)NC(=O)/C(=C\c3ccc(OCc4cccc5ccccc45)c(OC)c3)C2=O)cc1OC. The Balaban J connectivity index is 1.34. The van der Waals surface area contributed by atoms with Crippen LogP contribution in [0.2, 0.25) is 0 Å². The zero-order valence-electron chi connectivity index (χ0n) is 24.2. The fourth-order valence-corrected chi connectivity index (χ4v) is 4.80. The lowest BCUT2D eigenvalue weighted by atomic mass is 10.1. The maximum atomic E-state index is 13.4. The molecule has 43 heavy (non-hydrogen) atoms. The van der Waals surface area contributed by atoms with Crippen molar-refractivity contribution in [2.45, 2.75) is 26.5 Å². The van der Waals surface area contributed by atoms with E-state index in [-0.39, 0.29) is 12.1 Å². The predicted octanol–water partition coefficient (Wildman–Crippen LogP) is 5.89. The summed E-state index contributed by atoms with van der Waals surface area (Å²) in [5, 5.41) is 4.48. The Morgan fingerprint density at radius 1 is 0.791 bits per heavy atom. The smallest absolute Gasteiger partial charge is 0.331 e. The molecule has 4 amide bonds. The molecule has 1 saturated heterocycles.